The van der Waals surface area contributed by atoms with E-state index in [2.05, 4.69) is 5.32 Å². The van der Waals surface area contributed by atoms with Gasteiger partial charge in [-0.2, -0.15) is 0 Å². The zero-order valence-electron chi connectivity index (χ0n) is 15.3. The van der Waals surface area contributed by atoms with Crippen molar-refractivity contribution in [1.29, 1.82) is 0 Å². The predicted octanol–water partition coefficient (Wildman–Crippen LogP) is 3.40. The fourth-order valence-corrected chi connectivity index (χ4v) is 3.34. The molecule has 3 rings (SSSR count). The number of para-hydroxylation sites is 1. The van der Waals surface area contributed by atoms with Gasteiger partial charge in [-0.15, -0.1) is 0 Å². The molecule has 1 aliphatic rings. The Labute approximate surface area is 162 Å². The van der Waals surface area contributed by atoms with E-state index in [1.54, 1.807) is 0 Å². The van der Waals surface area contributed by atoms with Crippen LogP contribution in [-0.2, 0) is 0 Å². The minimum Gasteiger partial charge on any atom is -0.508 e. The van der Waals surface area contributed by atoms with Crippen molar-refractivity contribution >= 4 is 5.91 Å². The van der Waals surface area contributed by atoms with Gasteiger partial charge in [0.2, 0.25) is 0 Å². The van der Waals surface area contributed by atoms with Crippen LogP contribution in [0.1, 0.15) is 36.0 Å². The number of aromatic hydroxyl groups is 1. The number of hydrogen-bond donors (Lipinski definition) is 3. The highest BCUT2D eigenvalue weighted by Gasteiger charge is 2.34. The summed E-state index contributed by atoms with van der Waals surface area (Å²) < 4.78 is 32.5. The van der Waals surface area contributed by atoms with Crippen molar-refractivity contribution in [3.8, 4) is 11.5 Å². The first-order valence-corrected chi connectivity index (χ1v) is 9.23. The Morgan fingerprint density at radius 2 is 1.71 bits per heavy atom. The average molecular weight is 391 g/mol. The van der Waals surface area contributed by atoms with Crippen LogP contribution in [0.4, 0.5) is 8.78 Å². The molecular weight excluding hydrogens is 368 g/mol. The van der Waals surface area contributed by atoms with E-state index in [9.17, 15) is 23.8 Å². The number of hydrogen-bond acceptors (Lipinski definition) is 4. The molecule has 0 saturated heterocycles. The van der Waals surface area contributed by atoms with E-state index in [1.165, 1.54) is 30.3 Å². The minimum absolute atomic E-state index is 0.0750. The average Bonchev–Trinajstić information content (AvgIpc) is 2.68. The fourth-order valence-electron chi connectivity index (χ4n) is 3.34. The third-order valence-electron chi connectivity index (χ3n) is 5.13. The number of ether oxygens (including phenoxy) is 1. The van der Waals surface area contributed by atoms with E-state index >= 15 is 0 Å². The summed E-state index contributed by atoms with van der Waals surface area (Å²) in [5.74, 6) is -2.01. The highest BCUT2D eigenvalue weighted by molar-refractivity contribution is 5.94. The number of halogens is 2. The quantitative estimate of drug-likeness (QED) is 0.705. The van der Waals surface area contributed by atoms with Gasteiger partial charge in [0.05, 0.1) is 12.2 Å². The van der Waals surface area contributed by atoms with E-state index in [0.29, 0.717) is 31.2 Å². The summed E-state index contributed by atoms with van der Waals surface area (Å²) in [6.45, 7) is 0.288. The highest BCUT2D eigenvalue weighted by atomic mass is 19.1. The molecule has 0 aliphatic heterocycles. The zero-order valence-corrected chi connectivity index (χ0v) is 15.3. The minimum atomic E-state index is -1.02. The van der Waals surface area contributed by atoms with E-state index in [-0.39, 0.29) is 36.5 Å². The van der Waals surface area contributed by atoms with Gasteiger partial charge in [-0.05, 0) is 68.0 Å². The van der Waals surface area contributed by atoms with Gasteiger partial charge in [0.25, 0.3) is 5.91 Å². The van der Waals surface area contributed by atoms with Gasteiger partial charge in [-0.3, -0.25) is 4.79 Å². The molecule has 0 unspecified atom stereocenters. The number of carbonyl (C=O) groups excluding carboxylic acids is 1. The molecule has 0 atom stereocenters. The third kappa shape index (κ3) is 4.98. The topological polar surface area (TPSA) is 78.8 Å². The maximum absolute atomic E-state index is 13.6. The first kappa shape index (κ1) is 20.1. The lowest BCUT2D eigenvalue weighted by molar-refractivity contribution is -0.0133. The Hall–Kier alpha value is -2.67. The summed E-state index contributed by atoms with van der Waals surface area (Å²) in [6, 6.07) is 9.43. The summed E-state index contributed by atoms with van der Waals surface area (Å²) in [6.07, 6.45) is 2.16. The van der Waals surface area contributed by atoms with Gasteiger partial charge >= 0.3 is 0 Å². The number of rotatable bonds is 6. The normalized spacial score (nSPS) is 21.9. The summed E-state index contributed by atoms with van der Waals surface area (Å²) in [5, 5.41) is 22.7. The molecule has 0 bridgehead atoms. The van der Waals surface area contributed by atoms with Gasteiger partial charge in [0, 0.05) is 12.1 Å². The largest absolute Gasteiger partial charge is 0.508 e. The molecule has 0 aromatic heterocycles. The van der Waals surface area contributed by atoms with Crippen molar-refractivity contribution in [1.82, 2.24) is 5.32 Å². The maximum Gasteiger partial charge on any atom is 0.251 e. The molecule has 5 nitrogen and oxygen atoms in total. The number of nitrogens with one attached hydrogen (secondary N) is 1. The Morgan fingerprint density at radius 1 is 1.11 bits per heavy atom. The molecule has 7 heteroatoms. The molecule has 1 saturated carbocycles. The van der Waals surface area contributed by atoms with E-state index in [1.807, 2.05) is 0 Å². The van der Waals surface area contributed by atoms with E-state index < -0.39 is 17.2 Å². The standard InChI is InChI=1S/C21H23F2NO4/c22-17-2-1-3-18(23)19(17)28-12-14-8-10-21(27,11-9-14)13-24-20(26)15-4-6-16(25)7-5-15/h1-7,14,25,27H,8-13H2,(H,24,26)/t14-,21-. The van der Waals surface area contributed by atoms with E-state index in [0.717, 1.165) is 12.1 Å². The van der Waals surface area contributed by atoms with Gasteiger partial charge in [0.15, 0.2) is 17.4 Å². The van der Waals surface area contributed by atoms with Crippen LogP contribution in [0.2, 0.25) is 0 Å². The second-order valence-electron chi connectivity index (χ2n) is 7.26. The Balaban J connectivity index is 1.46. The molecular formula is C21H23F2NO4. The first-order valence-electron chi connectivity index (χ1n) is 9.23. The predicted molar refractivity (Wildman–Crippen MR) is 99.2 cm³/mol. The lowest BCUT2D eigenvalue weighted by Crippen LogP contribution is -2.45. The second-order valence-corrected chi connectivity index (χ2v) is 7.26. The van der Waals surface area contributed by atoms with Gasteiger partial charge in [-0.25, -0.2) is 8.78 Å². The summed E-state index contributed by atoms with van der Waals surface area (Å²) in [4.78, 5) is 12.1. The van der Waals surface area contributed by atoms with Crippen LogP contribution in [0, 0.1) is 17.6 Å². The Bertz CT molecular complexity index is 797. The van der Waals surface area contributed by atoms with Crippen LogP contribution in [0.3, 0.4) is 0 Å². The number of phenols is 1. The van der Waals surface area contributed by atoms with Gasteiger partial charge < -0.3 is 20.3 Å². The van der Waals surface area contributed by atoms with E-state index in [4.69, 9.17) is 4.74 Å². The SMILES string of the molecule is O=C(NC[C@]1(O)CC[C@H](COc2c(F)cccc2F)CC1)c1ccc(O)cc1. The monoisotopic (exact) mass is 391 g/mol. The Morgan fingerprint density at radius 3 is 2.32 bits per heavy atom. The van der Waals surface area contributed by atoms with Crippen molar-refractivity contribution in [2.45, 2.75) is 31.3 Å². The third-order valence-corrected chi connectivity index (χ3v) is 5.13. The van der Waals surface area contributed by atoms with Crippen molar-refractivity contribution in [2.75, 3.05) is 13.2 Å². The van der Waals surface area contributed by atoms with Crippen molar-refractivity contribution in [2.24, 2.45) is 5.92 Å². The van der Waals surface area contributed by atoms with Crippen molar-refractivity contribution in [3.05, 3.63) is 59.7 Å². The fraction of sp³-hybridized carbons (Fsp3) is 0.381. The molecule has 0 spiro atoms. The van der Waals surface area contributed by atoms with Crippen LogP contribution >= 0.6 is 0 Å². The molecule has 0 radical (unpaired) electrons. The van der Waals surface area contributed by atoms with Crippen LogP contribution < -0.4 is 10.1 Å². The van der Waals surface area contributed by atoms with Crippen LogP contribution in [0.15, 0.2) is 42.5 Å². The molecule has 1 aliphatic carbocycles. The van der Waals surface area contributed by atoms with Crippen LogP contribution in [0.25, 0.3) is 0 Å². The summed E-state index contributed by atoms with van der Waals surface area (Å²) in [5.41, 5.74) is -0.623. The molecule has 28 heavy (non-hydrogen) atoms. The second kappa shape index (κ2) is 8.56. The smallest absolute Gasteiger partial charge is 0.251 e. The number of phenolic OH excluding ortho intramolecular Hbond substituents is 1. The van der Waals surface area contributed by atoms with Gasteiger partial charge in [0.1, 0.15) is 5.75 Å². The number of amides is 1. The number of aliphatic hydroxyl groups is 1. The van der Waals surface area contributed by atoms with Crippen LogP contribution in [0.5, 0.6) is 11.5 Å². The molecule has 2 aromatic rings. The Kier molecular flexibility index (Phi) is 6.14. The lowest BCUT2D eigenvalue weighted by atomic mass is 9.79. The first-order chi connectivity index (χ1) is 13.4. The maximum atomic E-state index is 13.6. The van der Waals surface area contributed by atoms with Crippen molar-refractivity contribution in [3.63, 3.8) is 0 Å². The number of carbonyl (C=O) groups is 1. The van der Waals surface area contributed by atoms with Crippen LogP contribution in [-0.4, -0.2) is 34.9 Å². The molecule has 1 amide bonds. The highest BCUT2D eigenvalue weighted by Crippen LogP contribution is 2.33. The molecule has 1 fully saturated rings. The summed E-state index contributed by atoms with van der Waals surface area (Å²) >= 11 is 0. The molecule has 3 N–H and O–H groups in total. The van der Waals surface area contributed by atoms with Crippen molar-refractivity contribution < 1.29 is 28.5 Å². The summed E-state index contributed by atoms with van der Waals surface area (Å²) in [7, 11) is 0. The zero-order chi connectivity index (χ0) is 20.1. The lowest BCUT2D eigenvalue weighted by Gasteiger charge is -2.36. The molecule has 2 aromatic carbocycles. The number of benzene rings is 2. The van der Waals surface area contributed by atoms with Gasteiger partial charge in [-0.1, -0.05) is 6.07 Å². The molecule has 0 heterocycles. The molecule has 150 valence electrons.